The topological polar surface area (TPSA) is 76.4 Å². The van der Waals surface area contributed by atoms with Crippen molar-refractivity contribution in [3.05, 3.63) is 101 Å². The fourth-order valence-corrected chi connectivity index (χ4v) is 5.68. The lowest BCUT2D eigenvalue weighted by Crippen LogP contribution is -2.44. The minimum absolute atomic E-state index is 0.0339. The van der Waals surface area contributed by atoms with Gasteiger partial charge in [-0.15, -0.1) is 0 Å². The first-order valence-electron chi connectivity index (χ1n) is 13.3. The molecule has 5 nitrogen and oxygen atoms in total. The standard InChI is InChI=1S/C32H37N3O2/c1-23(2)20-24(3)34-31(36)25-14-15-30(26(21-25)22-33)35-18-16-29(17-19-35)32(37,27-10-6-4-7-11-27)28-12-8-5-9-13-28/h4-15,21,23-24,29,37H,16-20H2,1-3H3,(H,34,36). The molecule has 1 heterocycles. The maximum Gasteiger partial charge on any atom is 0.251 e. The van der Waals surface area contributed by atoms with Crippen LogP contribution in [0.1, 0.15) is 67.1 Å². The van der Waals surface area contributed by atoms with E-state index in [1.807, 2.05) is 79.7 Å². The molecule has 1 aliphatic rings. The summed E-state index contributed by atoms with van der Waals surface area (Å²) in [6.07, 6.45) is 2.46. The number of hydrogen-bond donors (Lipinski definition) is 2. The number of nitrogens with one attached hydrogen (secondary N) is 1. The fourth-order valence-electron chi connectivity index (χ4n) is 5.68. The van der Waals surface area contributed by atoms with Crippen LogP contribution < -0.4 is 10.2 Å². The number of nitriles is 1. The summed E-state index contributed by atoms with van der Waals surface area (Å²) in [6, 6.07) is 27.6. The Bertz CT molecular complexity index is 1190. The molecule has 1 atom stereocenters. The normalized spacial score (nSPS) is 15.3. The Kier molecular flexibility index (Phi) is 8.31. The Morgan fingerprint density at radius 1 is 1.00 bits per heavy atom. The van der Waals surface area contributed by atoms with Gasteiger partial charge in [-0.2, -0.15) is 5.26 Å². The van der Waals surface area contributed by atoms with Gasteiger partial charge in [0, 0.05) is 24.7 Å². The van der Waals surface area contributed by atoms with Crippen LogP contribution in [-0.4, -0.2) is 30.1 Å². The van der Waals surface area contributed by atoms with Crippen LogP contribution in [0.4, 0.5) is 5.69 Å². The first kappa shape index (κ1) is 26.4. The molecule has 4 rings (SSSR count). The van der Waals surface area contributed by atoms with Crippen LogP contribution >= 0.6 is 0 Å². The number of piperidine rings is 1. The van der Waals surface area contributed by atoms with Crippen molar-refractivity contribution in [1.82, 2.24) is 5.32 Å². The molecule has 5 heteroatoms. The minimum Gasteiger partial charge on any atom is -0.380 e. The summed E-state index contributed by atoms with van der Waals surface area (Å²) >= 11 is 0. The molecule has 1 unspecified atom stereocenters. The van der Waals surface area contributed by atoms with E-state index in [4.69, 9.17) is 0 Å². The summed E-state index contributed by atoms with van der Waals surface area (Å²) in [5.41, 5.74) is 2.58. The number of amides is 1. The van der Waals surface area contributed by atoms with Gasteiger partial charge in [0.05, 0.1) is 11.3 Å². The van der Waals surface area contributed by atoms with Crippen molar-refractivity contribution in [1.29, 1.82) is 5.26 Å². The number of nitrogens with zero attached hydrogens (tertiary/aromatic N) is 2. The van der Waals surface area contributed by atoms with E-state index < -0.39 is 5.60 Å². The van der Waals surface area contributed by atoms with Gasteiger partial charge in [0.2, 0.25) is 0 Å². The van der Waals surface area contributed by atoms with Crippen molar-refractivity contribution in [2.24, 2.45) is 11.8 Å². The van der Waals surface area contributed by atoms with E-state index >= 15 is 0 Å². The molecule has 1 aliphatic heterocycles. The van der Waals surface area contributed by atoms with Crippen molar-refractivity contribution < 1.29 is 9.90 Å². The summed E-state index contributed by atoms with van der Waals surface area (Å²) in [5, 5.41) is 25.1. The molecular formula is C32H37N3O2. The summed E-state index contributed by atoms with van der Waals surface area (Å²) in [7, 11) is 0. The van der Waals surface area contributed by atoms with Crippen LogP contribution in [0.15, 0.2) is 78.9 Å². The number of hydrogen-bond acceptors (Lipinski definition) is 4. The molecular weight excluding hydrogens is 458 g/mol. The van der Waals surface area contributed by atoms with E-state index in [1.165, 1.54) is 0 Å². The molecule has 0 spiro atoms. The Hall–Kier alpha value is -3.62. The highest BCUT2D eigenvalue weighted by atomic mass is 16.3. The maximum atomic E-state index is 12.8. The molecule has 1 amide bonds. The van der Waals surface area contributed by atoms with E-state index in [2.05, 4.69) is 30.1 Å². The Balaban J connectivity index is 1.51. The second-order valence-electron chi connectivity index (χ2n) is 10.6. The first-order valence-corrected chi connectivity index (χ1v) is 13.3. The van der Waals surface area contributed by atoms with Crippen molar-refractivity contribution >= 4 is 11.6 Å². The molecule has 0 bridgehead atoms. The lowest BCUT2D eigenvalue weighted by Gasteiger charge is -2.43. The number of aliphatic hydroxyl groups is 1. The molecule has 0 saturated carbocycles. The molecule has 3 aromatic carbocycles. The van der Waals surface area contributed by atoms with E-state index in [0.29, 0.717) is 17.0 Å². The molecule has 0 aliphatic carbocycles. The van der Waals surface area contributed by atoms with Crippen LogP contribution in [0, 0.1) is 23.2 Å². The van der Waals surface area contributed by atoms with E-state index in [0.717, 1.165) is 49.2 Å². The van der Waals surface area contributed by atoms with Gasteiger partial charge in [0.15, 0.2) is 0 Å². The third-order valence-electron chi connectivity index (χ3n) is 7.44. The zero-order valence-electron chi connectivity index (χ0n) is 22.0. The fraction of sp³-hybridized carbons (Fsp3) is 0.375. The van der Waals surface area contributed by atoms with Gasteiger partial charge in [-0.25, -0.2) is 0 Å². The van der Waals surface area contributed by atoms with Crippen LogP contribution in [0.5, 0.6) is 0 Å². The lowest BCUT2D eigenvalue weighted by molar-refractivity contribution is 0.00505. The SMILES string of the molecule is CC(C)CC(C)NC(=O)c1ccc(N2CCC(C(O)(c3ccccc3)c3ccccc3)CC2)c(C#N)c1. The Morgan fingerprint density at radius 2 is 1.57 bits per heavy atom. The van der Waals surface area contributed by atoms with Crippen molar-refractivity contribution in [3.8, 4) is 6.07 Å². The summed E-state index contributed by atoms with van der Waals surface area (Å²) in [6.45, 7) is 7.72. The molecule has 2 N–H and O–H groups in total. The quantitative estimate of drug-likeness (QED) is 0.409. The van der Waals surface area contributed by atoms with Crippen molar-refractivity contribution in [2.45, 2.75) is 51.7 Å². The number of rotatable bonds is 8. The monoisotopic (exact) mass is 495 g/mol. The van der Waals surface area contributed by atoms with E-state index in [9.17, 15) is 15.2 Å². The third kappa shape index (κ3) is 5.87. The molecule has 192 valence electrons. The smallest absolute Gasteiger partial charge is 0.251 e. The van der Waals surface area contributed by atoms with Crippen molar-refractivity contribution in [3.63, 3.8) is 0 Å². The average molecular weight is 496 g/mol. The molecule has 0 aromatic heterocycles. The van der Waals surface area contributed by atoms with Gasteiger partial charge in [0.1, 0.15) is 11.7 Å². The summed E-state index contributed by atoms with van der Waals surface area (Å²) in [4.78, 5) is 15.0. The highest BCUT2D eigenvalue weighted by molar-refractivity contribution is 5.95. The van der Waals surface area contributed by atoms with Gasteiger partial charge in [-0.3, -0.25) is 4.79 Å². The lowest BCUT2D eigenvalue weighted by atomic mass is 9.72. The summed E-state index contributed by atoms with van der Waals surface area (Å²) < 4.78 is 0. The van der Waals surface area contributed by atoms with Crippen molar-refractivity contribution in [2.75, 3.05) is 18.0 Å². The van der Waals surface area contributed by atoms with Gasteiger partial charge < -0.3 is 15.3 Å². The number of carbonyl (C=O) groups is 1. The molecule has 1 fully saturated rings. The van der Waals surface area contributed by atoms with Crippen LogP contribution in [0.2, 0.25) is 0 Å². The predicted molar refractivity (Wildman–Crippen MR) is 148 cm³/mol. The number of anilines is 1. The van der Waals surface area contributed by atoms with Crippen LogP contribution in [0.25, 0.3) is 0 Å². The zero-order chi connectivity index (χ0) is 26.4. The van der Waals surface area contributed by atoms with E-state index in [-0.39, 0.29) is 17.9 Å². The zero-order valence-corrected chi connectivity index (χ0v) is 22.0. The number of benzene rings is 3. The van der Waals surface area contributed by atoms with E-state index in [1.54, 1.807) is 6.07 Å². The molecule has 37 heavy (non-hydrogen) atoms. The predicted octanol–water partition coefficient (Wildman–Crippen LogP) is 5.88. The second kappa shape index (κ2) is 11.6. The minimum atomic E-state index is -1.08. The third-order valence-corrected chi connectivity index (χ3v) is 7.44. The summed E-state index contributed by atoms with van der Waals surface area (Å²) in [5.74, 6) is 0.383. The Labute approximate surface area is 220 Å². The Morgan fingerprint density at radius 3 is 2.08 bits per heavy atom. The van der Waals surface area contributed by atoms with Gasteiger partial charge in [-0.1, -0.05) is 74.5 Å². The maximum absolute atomic E-state index is 12.8. The molecule has 1 saturated heterocycles. The largest absolute Gasteiger partial charge is 0.380 e. The number of carbonyl (C=O) groups excluding carboxylic acids is 1. The molecule has 3 aromatic rings. The average Bonchev–Trinajstić information content (AvgIpc) is 2.92. The highest BCUT2D eigenvalue weighted by Gasteiger charge is 2.41. The molecule has 0 radical (unpaired) electrons. The highest BCUT2D eigenvalue weighted by Crippen LogP contribution is 2.42. The van der Waals surface area contributed by atoms with Gasteiger partial charge in [0.25, 0.3) is 5.91 Å². The van der Waals surface area contributed by atoms with Gasteiger partial charge >= 0.3 is 0 Å². The first-order chi connectivity index (χ1) is 17.8. The van der Waals surface area contributed by atoms with Gasteiger partial charge in [-0.05, 0) is 67.3 Å². The van der Waals surface area contributed by atoms with Crippen LogP contribution in [0.3, 0.4) is 0 Å². The van der Waals surface area contributed by atoms with Crippen LogP contribution in [-0.2, 0) is 5.60 Å². The second-order valence-corrected chi connectivity index (χ2v) is 10.6.